The van der Waals surface area contributed by atoms with E-state index in [9.17, 15) is 4.39 Å². The maximum absolute atomic E-state index is 13.8. The number of nitrogens with two attached hydrogens (primary N) is 1. The molecule has 3 nitrogen and oxygen atoms in total. The first-order valence-corrected chi connectivity index (χ1v) is 5.95. The zero-order valence-corrected chi connectivity index (χ0v) is 10.9. The van der Waals surface area contributed by atoms with Crippen LogP contribution in [0.15, 0.2) is 36.4 Å². The highest BCUT2D eigenvalue weighted by Crippen LogP contribution is 2.33. The fourth-order valence-electron chi connectivity index (χ4n) is 1.73. The average Bonchev–Trinajstić information content (AvgIpc) is 2.42. The Morgan fingerprint density at radius 3 is 2.42 bits per heavy atom. The van der Waals surface area contributed by atoms with Crippen LogP contribution in [0.25, 0.3) is 0 Å². The summed E-state index contributed by atoms with van der Waals surface area (Å²) in [5.74, 6) is 0.764. The van der Waals surface area contributed by atoms with Gasteiger partial charge in [-0.25, -0.2) is 4.39 Å². The van der Waals surface area contributed by atoms with Gasteiger partial charge in [0, 0.05) is 6.54 Å². The SMILES string of the molecule is COc1cc(C)ccc1Oc1ccc(CN)cc1F. The van der Waals surface area contributed by atoms with E-state index < -0.39 is 5.82 Å². The van der Waals surface area contributed by atoms with Gasteiger partial charge in [-0.15, -0.1) is 0 Å². The van der Waals surface area contributed by atoms with Gasteiger partial charge in [0.15, 0.2) is 23.1 Å². The summed E-state index contributed by atoms with van der Waals surface area (Å²) in [5, 5.41) is 0. The highest BCUT2D eigenvalue weighted by Gasteiger charge is 2.09. The Balaban J connectivity index is 2.31. The van der Waals surface area contributed by atoms with Gasteiger partial charge < -0.3 is 15.2 Å². The maximum Gasteiger partial charge on any atom is 0.169 e. The van der Waals surface area contributed by atoms with Crippen LogP contribution in [0, 0.1) is 12.7 Å². The van der Waals surface area contributed by atoms with E-state index in [1.54, 1.807) is 25.3 Å². The molecule has 0 unspecified atom stereocenters. The second-order valence-corrected chi connectivity index (χ2v) is 4.23. The van der Waals surface area contributed by atoms with Crippen molar-refractivity contribution >= 4 is 0 Å². The lowest BCUT2D eigenvalue weighted by Gasteiger charge is -2.12. The van der Waals surface area contributed by atoms with Crippen LogP contribution in [0.5, 0.6) is 17.2 Å². The molecule has 0 heterocycles. The van der Waals surface area contributed by atoms with Crippen LogP contribution >= 0.6 is 0 Å². The average molecular weight is 261 g/mol. The third-order valence-corrected chi connectivity index (χ3v) is 2.77. The van der Waals surface area contributed by atoms with Gasteiger partial charge in [-0.1, -0.05) is 12.1 Å². The Morgan fingerprint density at radius 1 is 1.05 bits per heavy atom. The van der Waals surface area contributed by atoms with E-state index in [1.165, 1.54) is 6.07 Å². The summed E-state index contributed by atoms with van der Waals surface area (Å²) in [5.41, 5.74) is 7.22. The molecule has 0 saturated carbocycles. The third kappa shape index (κ3) is 3.03. The molecule has 0 aliphatic rings. The minimum absolute atomic E-state index is 0.152. The molecule has 2 N–H and O–H groups in total. The number of ether oxygens (including phenoxy) is 2. The molecule has 2 aromatic carbocycles. The van der Waals surface area contributed by atoms with Crippen LogP contribution in [0.3, 0.4) is 0 Å². The molecule has 0 aromatic heterocycles. The molecule has 100 valence electrons. The molecule has 0 bridgehead atoms. The Bertz CT molecular complexity index is 584. The van der Waals surface area contributed by atoms with Crippen molar-refractivity contribution in [2.24, 2.45) is 5.73 Å². The molecule has 0 fully saturated rings. The lowest BCUT2D eigenvalue weighted by molar-refractivity contribution is 0.370. The molecule has 0 amide bonds. The van der Waals surface area contributed by atoms with Crippen LogP contribution in [-0.4, -0.2) is 7.11 Å². The first kappa shape index (κ1) is 13.4. The van der Waals surface area contributed by atoms with Crippen LogP contribution in [-0.2, 0) is 6.54 Å². The van der Waals surface area contributed by atoms with E-state index >= 15 is 0 Å². The summed E-state index contributed by atoms with van der Waals surface area (Å²) in [6.45, 7) is 2.24. The van der Waals surface area contributed by atoms with Crippen molar-refractivity contribution in [2.75, 3.05) is 7.11 Å². The predicted molar refractivity (Wildman–Crippen MR) is 72.1 cm³/mol. The van der Waals surface area contributed by atoms with Gasteiger partial charge in [0.05, 0.1) is 7.11 Å². The van der Waals surface area contributed by atoms with Crippen molar-refractivity contribution in [3.05, 3.63) is 53.3 Å². The van der Waals surface area contributed by atoms with Crippen molar-refractivity contribution in [1.29, 1.82) is 0 Å². The van der Waals surface area contributed by atoms with Gasteiger partial charge in [0.2, 0.25) is 0 Å². The first-order chi connectivity index (χ1) is 9.13. The van der Waals surface area contributed by atoms with Gasteiger partial charge in [-0.05, 0) is 42.3 Å². The largest absolute Gasteiger partial charge is 0.493 e. The normalized spacial score (nSPS) is 10.3. The molecular weight excluding hydrogens is 245 g/mol. The van der Waals surface area contributed by atoms with Crippen LogP contribution in [0.1, 0.15) is 11.1 Å². The third-order valence-electron chi connectivity index (χ3n) is 2.77. The molecule has 0 radical (unpaired) electrons. The maximum atomic E-state index is 13.8. The van der Waals surface area contributed by atoms with Crippen LogP contribution in [0.4, 0.5) is 4.39 Å². The van der Waals surface area contributed by atoms with Crippen LogP contribution < -0.4 is 15.2 Å². The molecule has 4 heteroatoms. The fourth-order valence-corrected chi connectivity index (χ4v) is 1.73. The van der Waals surface area contributed by atoms with E-state index in [4.69, 9.17) is 15.2 Å². The Hall–Kier alpha value is -2.07. The summed E-state index contributed by atoms with van der Waals surface area (Å²) in [6, 6.07) is 10.1. The minimum atomic E-state index is -0.439. The van der Waals surface area contributed by atoms with E-state index in [0.29, 0.717) is 18.0 Å². The first-order valence-electron chi connectivity index (χ1n) is 5.95. The van der Waals surface area contributed by atoms with E-state index in [-0.39, 0.29) is 5.75 Å². The quantitative estimate of drug-likeness (QED) is 0.917. The zero-order valence-electron chi connectivity index (χ0n) is 10.9. The highest BCUT2D eigenvalue weighted by molar-refractivity contribution is 5.45. The highest BCUT2D eigenvalue weighted by atomic mass is 19.1. The number of halogens is 1. The van der Waals surface area contributed by atoms with Crippen molar-refractivity contribution in [1.82, 2.24) is 0 Å². The second-order valence-electron chi connectivity index (χ2n) is 4.23. The molecular formula is C15H16FNO2. The molecule has 0 aliphatic heterocycles. The second kappa shape index (κ2) is 5.71. The summed E-state index contributed by atoms with van der Waals surface area (Å²) >= 11 is 0. The summed E-state index contributed by atoms with van der Waals surface area (Å²) in [4.78, 5) is 0. The molecule has 0 spiro atoms. The summed E-state index contributed by atoms with van der Waals surface area (Å²) in [6.07, 6.45) is 0. The number of benzene rings is 2. The lowest BCUT2D eigenvalue weighted by Crippen LogP contribution is -1.98. The predicted octanol–water partition coefficient (Wildman–Crippen LogP) is 3.39. The standard InChI is InChI=1S/C15H16FNO2/c1-10-3-5-14(15(7-10)18-2)19-13-6-4-11(9-17)8-12(13)16/h3-8H,9,17H2,1-2H3. The number of hydrogen-bond acceptors (Lipinski definition) is 3. The van der Waals surface area contributed by atoms with Crippen LogP contribution in [0.2, 0.25) is 0 Å². The van der Waals surface area contributed by atoms with Gasteiger partial charge in [-0.3, -0.25) is 0 Å². The minimum Gasteiger partial charge on any atom is -0.493 e. The lowest BCUT2D eigenvalue weighted by atomic mass is 10.2. The van der Waals surface area contributed by atoms with Gasteiger partial charge in [-0.2, -0.15) is 0 Å². The Labute approximate surface area is 111 Å². The summed E-state index contributed by atoms with van der Waals surface area (Å²) in [7, 11) is 1.55. The Morgan fingerprint density at radius 2 is 1.79 bits per heavy atom. The molecule has 0 atom stereocenters. The van der Waals surface area contributed by atoms with Crippen molar-refractivity contribution in [3.63, 3.8) is 0 Å². The smallest absolute Gasteiger partial charge is 0.169 e. The summed E-state index contributed by atoms with van der Waals surface area (Å²) < 4.78 is 24.6. The van der Waals surface area contributed by atoms with Gasteiger partial charge in [0.25, 0.3) is 0 Å². The van der Waals surface area contributed by atoms with Gasteiger partial charge >= 0.3 is 0 Å². The number of rotatable bonds is 4. The van der Waals surface area contributed by atoms with E-state index in [1.807, 2.05) is 19.1 Å². The number of aryl methyl sites for hydroxylation is 1. The zero-order chi connectivity index (χ0) is 13.8. The molecule has 2 rings (SSSR count). The molecule has 19 heavy (non-hydrogen) atoms. The van der Waals surface area contributed by atoms with Crippen molar-refractivity contribution in [2.45, 2.75) is 13.5 Å². The number of hydrogen-bond donors (Lipinski definition) is 1. The van der Waals surface area contributed by atoms with Crippen molar-refractivity contribution in [3.8, 4) is 17.2 Å². The molecule has 0 saturated heterocycles. The van der Waals surface area contributed by atoms with E-state index in [0.717, 1.165) is 11.1 Å². The monoisotopic (exact) mass is 261 g/mol. The van der Waals surface area contributed by atoms with E-state index in [2.05, 4.69) is 0 Å². The Kier molecular flexibility index (Phi) is 4.02. The van der Waals surface area contributed by atoms with Crippen molar-refractivity contribution < 1.29 is 13.9 Å². The van der Waals surface area contributed by atoms with Gasteiger partial charge in [0.1, 0.15) is 0 Å². The number of methoxy groups -OCH3 is 1. The molecule has 2 aromatic rings. The fraction of sp³-hybridized carbons (Fsp3) is 0.200. The molecule has 0 aliphatic carbocycles. The topological polar surface area (TPSA) is 44.5 Å².